The average molecular weight is 463 g/mol. The van der Waals surface area contributed by atoms with E-state index in [1.807, 2.05) is 30.3 Å². The first-order valence-corrected chi connectivity index (χ1v) is 10.8. The molecule has 166 valence electrons. The molecule has 0 radical (unpaired) electrons. The predicted molar refractivity (Wildman–Crippen MR) is 125 cm³/mol. The molecule has 0 bridgehead atoms. The average Bonchev–Trinajstić information content (AvgIpc) is 3.28. The highest BCUT2D eigenvalue weighted by Gasteiger charge is 2.26. The maximum Gasteiger partial charge on any atom is 0.269 e. The van der Waals surface area contributed by atoms with Crippen LogP contribution >= 0.6 is 11.6 Å². The van der Waals surface area contributed by atoms with Gasteiger partial charge in [0.25, 0.3) is 11.6 Å². The number of nitrogens with zero attached hydrogens (tertiary/aromatic N) is 6. The molecule has 1 fully saturated rings. The number of rotatable bonds is 4. The normalized spacial score (nSPS) is 14.0. The fraction of sp³-hybridized carbons (Fsp3) is 0.174. The Kier molecular flexibility index (Phi) is 5.39. The van der Waals surface area contributed by atoms with Gasteiger partial charge in [-0.2, -0.15) is 5.10 Å². The van der Waals surface area contributed by atoms with Gasteiger partial charge in [0.15, 0.2) is 5.65 Å². The smallest absolute Gasteiger partial charge is 0.269 e. The van der Waals surface area contributed by atoms with Gasteiger partial charge in [0.05, 0.1) is 16.8 Å². The summed E-state index contributed by atoms with van der Waals surface area (Å²) in [5, 5.41) is 15.9. The first kappa shape index (κ1) is 20.9. The van der Waals surface area contributed by atoms with E-state index in [1.165, 1.54) is 12.1 Å². The van der Waals surface area contributed by atoms with Crippen molar-refractivity contribution in [3.63, 3.8) is 0 Å². The second-order valence-electron chi connectivity index (χ2n) is 7.66. The number of hydrogen-bond acceptors (Lipinski definition) is 6. The molecule has 0 aliphatic carbocycles. The van der Waals surface area contributed by atoms with Gasteiger partial charge >= 0.3 is 0 Å². The zero-order chi connectivity index (χ0) is 22.9. The number of halogens is 1. The summed E-state index contributed by atoms with van der Waals surface area (Å²) in [7, 11) is 0. The maximum absolute atomic E-state index is 13.3. The SMILES string of the molecule is O=C(c1cnn2c(-c3ccccc3Cl)ccnc12)N1CCN(c2ccc([N+](=O)[O-])cc2)CC1. The molecular formula is C23H19ClN6O3. The molecular weight excluding hydrogens is 444 g/mol. The number of amides is 1. The van der Waals surface area contributed by atoms with Crippen LogP contribution in [0.15, 0.2) is 67.0 Å². The number of hydrogen-bond donors (Lipinski definition) is 0. The van der Waals surface area contributed by atoms with Crippen LogP contribution in [0.5, 0.6) is 0 Å². The van der Waals surface area contributed by atoms with Gasteiger partial charge in [-0.3, -0.25) is 14.9 Å². The second-order valence-corrected chi connectivity index (χ2v) is 8.06. The molecule has 33 heavy (non-hydrogen) atoms. The van der Waals surface area contributed by atoms with E-state index >= 15 is 0 Å². The van der Waals surface area contributed by atoms with Gasteiger partial charge in [0.2, 0.25) is 0 Å². The number of aromatic nitrogens is 3. The molecule has 0 unspecified atom stereocenters. The van der Waals surface area contributed by atoms with E-state index in [4.69, 9.17) is 11.6 Å². The molecule has 2 aromatic carbocycles. The molecule has 2 aromatic heterocycles. The highest BCUT2D eigenvalue weighted by atomic mass is 35.5. The lowest BCUT2D eigenvalue weighted by atomic mass is 10.1. The van der Waals surface area contributed by atoms with Crippen LogP contribution in [0.4, 0.5) is 11.4 Å². The molecule has 5 rings (SSSR count). The van der Waals surface area contributed by atoms with E-state index in [-0.39, 0.29) is 11.6 Å². The predicted octanol–water partition coefficient (Wildman–Crippen LogP) is 3.92. The minimum atomic E-state index is -0.415. The van der Waals surface area contributed by atoms with Crippen molar-refractivity contribution in [3.8, 4) is 11.3 Å². The Labute approximate surface area is 194 Å². The van der Waals surface area contributed by atoms with Crippen LogP contribution in [0.1, 0.15) is 10.4 Å². The van der Waals surface area contributed by atoms with Crippen molar-refractivity contribution in [2.75, 3.05) is 31.1 Å². The standard InChI is InChI=1S/C23H19ClN6O3/c24-20-4-2-1-3-18(20)21-9-10-25-22-19(15-26-29(21)22)23(31)28-13-11-27(12-14-28)16-5-7-17(8-6-16)30(32)33/h1-10,15H,11-14H2. The van der Waals surface area contributed by atoms with E-state index in [0.29, 0.717) is 42.4 Å². The molecule has 1 aliphatic heterocycles. The van der Waals surface area contributed by atoms with Gasteiger partial charge in [-0.05, 0) is 24.3 Å². The summed E-state index contributed by atoms with van der Waals surface area (Å²) < 4.78 is 1.64. The summed E-state index contributed by atoms with van der Waals surface area (Å²) in [5.74, 6) is -0.128. The van der Waals surface area contributed by atoms with E-state index < -0.39 is 4.92 Å². The number of piperazine rings is 1. The Hall–Kier alpha value is -3.98. The Morgan fingerprint density at radius 3 is 2.42 bits per heavy atom. The summed E-state index contributed by atoms with van der Waals surface area (Å²) in [5.41, 5.74) is 3.44. The third-order valence-electron chi connectivity index (χ3n) is 5.77. The van der Waals surface area contributed by atoms with Crippen molar-refractivity contribution in [1.29, 1.82) is 0 Å². The molecule has 4 aromatic rings. The summed E-state index contributed by atoms with van der Waals surface area (Å²) >= 11 is 6.36. The van der Waals surface area contributed by atoms with Crippen molar-refractivity contribution in [1.82, 2.24) is 19.5 Å². The first-order chi connectivity index (χ1) is 16.0. The molecule has 1 saturated heterocycles. The molecule has 9 nitrogen and oxygen atoms in total. The van der Waals surface area contributed by atoms with Crippen molar-refractivity contribution in [2.24, 2.45) is 0 Å². The topological polar surface area (TPSA) is 96.9 Å². The van der Waals surface area contributed by atoms with Crippen molar-refractivity contribution >= 4 is 34.5 Å². The van der Waals surface area contributed by atoms with Crippen molar-refractivity contribution < 1.29 is 9.72 Å². The number of nitro benzene ring substituents is 1. The van der Waals surface area contributed by atoms with E-state index in [9.17, 15) is 14.9 Å². The zero-order valence-electron chi connectivity index (χ0n) is 17.5. The monoisotopic (exact) mass is 462 g/mol. The van der Waals surface area contributed by atoms with Crippen molar-refractivity contribution in [2.45, 2.75) is 0 Å². The number of benzene rings is 2. The van der Waals surface area contributed by atoms with Gasteiger partial charge in [0, 0.05) is 60.8 Å². The molecule has 0 atom stereocenters. The fourth-order valence-electron chi connectivity index (χ4n) is 4.04. The summed E-state index contributed by atoms with van der Waals surface area (Å²) in [6.07, 6.45) is 3.20. The highest BCUT2D eigenvalue weighted by Crippen LogP contribution is 2.28. The molecule has 0 spiro atoms. The summed E-state index contributed by atoms with van der Waals surface area (Å²) in [4.78, 5) is 32.0. The van der Waals surface area contributed by atoms with Crippen molar-refractivity contribution in [3.05, 3.63) is 87.7 Å². The summed E-state index contributed by atoms with van der Waals surface area (Å²) in [6.45, 7) is 2.30. The number of anilines is 1. The van der Waals surface area contributed by atoms with Crippen LogP contribution < -0.4 is 4.90 Å². The minimum absolute atomic E-state index is 0.0595. The van der Waals surface area contributed by atoms with Crippen LogP contribution in [-0.4, -0.2) is 56.5 Å². The minimum Gasteiger partial charge on any atom is -0.368 e. The molecule has 3 heterocycles. The number of carbonyl (C=O) groups is 1. The first-order valence-electron chi connectivity index (χ1n) is 10.4. The Morgan fingerprint density at radius 2 is 1.73 bits per heavy atom. The highest BCUT2D eigenvalue weighted by molar-refractivity contribution is 6.33. The molecule has 0 N–H and O–H groups in total. The lowest BCUT2D eigenvalue weighted by Gasteiger charge is -2.36. The maximum atomic E-state index is 13.3. The molecule has 1 amide bonds. The third-order valence-corrected chi connectivity index (χ3v) is 6.10. The van der Waals surface area contributed by atoms with Crippen LogP contribution in [0.3, 0.4) is 0 Å². The quantitative estimate of drug-likeness (QED) is 0.337. The Balaban J connectivity index is 1.34. The number of fused-ring (bicyclic) bond motifs is 1. The van der Waals surface area contributed by atoms with Gasteiger partial charge < -0.3 is 9.80 Å². The fourth-order valence-corrected chi connectivity index (χ4v) is 4.27. The molecule has 1 aliphatic rings. The summed E-state index contributed by atoms with van der Waals surface area (Å²) in [6, 6.07) is 15.7. The van der Waals surface area contributed by atoms with E-state index in [2.05, 4.69) is 15.0 Å². The second kappa shape index (κ2) is 8.51. The number of non-ortho nitro benzene ring substituents is 1. The molecule has 0 saturated carbocycles. The lowest BCUT2D eigenvalue weighted by molar-refractivity contribution is -0.384. The van der Waals surface area contributed by atoms with E-state index in [1.54, 1.807) is 33.9 Å². The van der Waals surface area contributed by atoms with E-state index in [0.717, 1.165) is 16.9 Å². The lowest BCUT2D eigenvalue weighted by Crippen LogP contribution is -2.48. The van der Waals surface area contributed by atoms with Gasteiger partial charge in [0.1, 0.15) is 5.56 Å². The van der Waals surface area contributed by atoms with Gasteiger partial charge in [-0.25, -0.2) is 9.50 Å². The molecule has 10 heteroatoms. The number of nitro groups is 1. The van der Waals surface area contributed by atoms with Crippen LogP contribution in [-0.2, 0) is 0 Å². The van der Waals surface area contributed by atoms with Crippen LogP contribution in [0, 0.1) is 10.1 Å². The Bertz CT molecular complexity index is 1350. The van der Waals surface area contributed by atoms with Crippen LogP contribution in [0.2, 0.25) is 5.02 Å². The zero-order valence-corrected chi connectivity index (χ0v) is 18.2. The number of carbonyl (C=O) groups excluding carboxylic acids is 1. The van der Waals surface area contributed by atoms with Crippen LogP contribution in [0.25, 0.3) is 16.9 Å². The third kappa shape index (κ3) is 3.87. The van der Waals surface area contributed by atoms with Gasteiger partial charge in [-0.1, -0.05) is 29.8 Å². The Morgan fingerprint density at radius 1 is 1.00 bits per heavy atom. The largest absolute Gasteiger partial charge is 0.368 e. The van der Waals surface area contributed by atoms with Gasteiger partial charge in [-0.15, -0.1) is 0 Å².